The van der Waals surface area contributed by atoms with Crippen molar-refractivity contribution >= 4 is 35.0 Å². The van der Waals surface area contributed by atoms with Crippen LogP contribution in [0, 0.1) is 15.9 Å². The molecule has 2 aliphatic rings. The molecule has 1 fully saturated rings. The Morgan fingerprint density at radius 2 is 1.71 bits per heavy atom. The minimum Gasteiger partial charge on any atom is -0.443 e. The van der Waals surface area contributed by atoms with E-state index in [9.17, 15) is 24.1 Å². The molecule has 0 unspecified atom stereocenters. The molecular weight excluding hydrogens is 517 g/mol. The summed E-state index contributed by atoms with van der Waals surface area (Å²) in [5.74, 6) is -1.44. The van der Waals surface area contributed by atoms with Crippen molar-refractivity contribution < 1.29 is 28.5 Å². The van der Waals surface area contributed by atoms with Crippen molar-refractivity contribution in [3.05, 3.63) is 105 Å². The molecule has 0 bridgehead atoms. The van der Waals surface area contributed by atoms with Gasteiger partial charge in [-0.3, -0.25) is 19.7 Å². The highest BCUT2D eigenvalue weighted by molar-refractivity contribution is 6.30. The van der Waals surface area contributed by atoms with E-state index in [2.05, 4.69) is 0 Å². The van der Waals surface area contributed by atoms with Crippen LogP contribution in [0.3, 0.4) is 0 Å². The van der Waals surface area contributed by atoms with Gasteiger partial charge in [-0.2, -0.15) is 0 Å². The molecule has 1 saturated heterocycles. The van der Waals surface area contributed by atoms with E-state index in [-0.39, 0.29) is 16.8 Å². The fourth-order valence-corrected chi connectivity index (χ4v) is 5.08. The van der Waals surface area contributed by atoms with E-state index in [0.717, 1.165) is 22.1 Å². The molecule has 5 rings (SSSR count). The summed E-state index contributed by atoms with van der Waals surface area (Å²) in [5, 5.41) is 14.4. The van der Waals surface area contributed by atoms with Crippen LogP contribution >= 0.6 is 11.6 Å². The predicted octanol–water partition coefficient (Wildman–Crippen LogP) is 5.79. The van der Waals surface area contributed by atoms with E-state index in [1.54, 1.807) is 63.2 Å². The Labute approximate surface area is 222 Å². The molecule has 0 saturated carbocycles. The maximum atomic E-state index is 14.4. The highest BCUT2D eigenvalue weighted by Gasteiger charge is 2.74. The number of hydroxylamine groups is 1. The van der Waals surface area contributed by atoms with Crippen LogP contribution in [0.4, 0.5) is 20.6 Å². The van der Waals surface area contributed by atoms with Gasteiger partial charge in [0.05, 0.1) is 11.4 Å². The van der Waals surface area contributed by atoms with Gasteiger partial charge in [-0.25, -0.2) is 19.1 Å². The maximum absolute atomic E-state index is 14.4. The maximum Gasteiger partial charge on any atom is 0.421 e. The molecule has 2 amide bonds. The van der Waals surface area contributed by atoms with E-state index in [1.807, 2.05) is 0 Å². The van der Waals surface area contributed by atoms with Gasteiger partial charge in [-0.1, -0.05) is 41.9 Å². The number of ether oxygens (including phenoxy) is 1. The number of nitrogens with zero attached hydrogens (tertiary/aromatic N) is 3. The smallest absolute Gasteiger partial charge is 0.421 e. The Hall–Kier alpha value is -4.02. The fourth-order valence-electron chi connectivity index (χ4n) is 4.95. The average molecular weight is 540 g/mol. The number of para-hydroxylation sites is 1. The molecular formula is C27H23ClFN3O6. The lowest BCUT2D eigenvalue weighted by molar-refractivity contribution is -0.535. The summed E-state index contributed by atoms with van der Waals surface area (Å²) in [6.45, 7) is 4.95. The van der Waals surface area contributed by atoms with Crippen molar-refractivity contribution in [2.45, 2.75) is 44.1 Å². The van der Waals surface area contributed by atoms with Gasteiger partial charge in [-0.15, -0.1) is 0 Å². The second-order valence-electron chi connectivity index (χ2n) is 9.98. The van der Waals surface area contributed by atoms with Crippen LogP contribution in [-0.2, 0) is 19.9 Å². The fraction of sp³-hybridized carbons (Fsp3) is 0.259. The summed E-state index contributed by atoms with van der Waals surface area (Å²) in [6, 6.07) is 15.8. The second-order valence-corrected chi connectivity index (χ2v) is 10.4. The lowest BCUT2D eigenvalue weighted by Gasteiger charge is -2.33. The van der Waals surface area contributed by atoms with E-state index in [4.69, 9.17) is 21.2 Å². The Kier molecular flexibility index (Phi) is 6.12. The minimum absolute atomic E-state index is 0.140. The summed E-state index contributed by atoms with van der Waals surface area (Å²) in [5.41, 5.74) is -2.14. The van der Waals surface area contributed by atoms with Gasteiger partial charge in [0.1, 0.15) is 11.4 Å². The standard InChI is InChI=1S/C27H23ClFN3O6/c1-26(2,3)37-25(34)30-21-7-5-4-6-20(21)27(24(30)33)23(32(35)36)22(16-8-12-18(29)13-9-16)38-31(27)19-14-10-17(28)11-15-19/h4-15,22-23H,1-3H3/t22-,23-,27-/m0/s1. The Bertz CT molecular complexity index is 1430. The number of carbonyl (C=O) groups excluding carboxylic acids is 2. The lowest BCUT2D eigenvalue weighted by Crippen LogP contribution is -2.58. The first-order valence-electron chi connectivity index (χ1n) is 11.7. The van der Waals surface area contributed by atoms with Crippen LogP contribution in [0.25, 0.3) is 0 Å². The molecule has 0 N–H and O–H groups in total. The van der Waals surface area contributed by atoms with E-state index < -0.39 is 46.0 Å². The first-order chi connectivity index (χ1) is 17.9. The molecule has 3 atom stereocenters. The number of fused-ring (bicyclic) bond motifs is 2. The van der Waals surface area contributed by atoms with Crippen molar-refractivity contribution in [3.8, 4) is 0 Å². The third-order valence-electron chi connectivity index (χ3n) is 6.40. The first kappa shape index (κ1) is 25.6. The number of anilines is 2. The Morgan fingerprint density at radius 3 is 2.32 bits per heavy atom. The number of rotatable bonds is 3. The molecule has 2 aliphatic heterocycles. The Morgan fingerprint density at radius 1 is 1.08 bits per heavy atom. The Balaban J connectivity index is 1.77. The van der Waals surface area contributed by atoms with Crippen LogP contribution in [-0.4, -0.2) is 28.6 Å². The van der Waals surface area contributed by atoms with Crippen molar-refractivity contribution in [2.24, 2.45) is 0 Å². The number of halogens is 2. The molecule has 38 heavy (non-hydrogen) atoms. The van der Waals surface area contributed by atoms with Gasteiger partial charge in [0, 0.05) is 15.5 Å². The van der Waals surface area contributed by atoms with Crippen LogP contribution in [0.2, 0.25) is 5.02 Å². The van der Waals surface area contributed by atoms with E-state index in [0.29, 0.717) is 10.7 Å². The molecule has 2 heterocycles. The lowest BCUT2D eigenvalue weighted by atomic mass is 9.80. The summed E-state index contributed by atoms with van der Waals surface area (Å²) in [7, 11) is 0. The topological polar surface area (TPSA) is 102 Å². The zero-order valence-electron chi connectivity index (χ0n) is 20.6. The van der Waals surface area contributed by atoms with Crippen molar-refractivity contribution in [3.63, 3.8) is 0 Å². The van der Waals surface area contributed by atoms with Gasteiger partial charge < -0.3 is 4.74 Å². The molecule has 9 nitrogen and oxygen atoms in total. The minimum atomic E-state index is -2.11. The summed E-state index contributed by atoms with van der Waals surface area (Å²) in [6.07, 6.45) is -2.29. The van der Waals surface area contributed by atoms with E-state index >= 15 is 0 Å². The quantitative estimate of drug-likeness (QED) is 0.306. The molecule has 3 aromatic carbocycles. The average Bonchev–Trinajstić information content (AvgIpc) is 3.33. The number of hydrogen-bond donors (Lipinski definition) is 0. The van der Waals surface area contributed by atoms with Crippen LogP contribution in [0.5, 0.6) is 0 Å². The highest BCUT2D eigenvalue weighted by atomic mass is 35.5. The van der Waals surface area contributed by atoms with Gasteiger partial charge in [0.25, 0.3) is 11.9 Å². The van der Waals surface area contributed by atoms with Crippen LogP contribution < -0.4 is 9.96 Å². The molecule has 196 valence electrons. The third-order valence-corrected chi connectivity index (χ3v) is 6.65. The largest absolute Gasteiger partial charge is 0.443 e. The van der Waals surface area contributed by atoms with E-state index in [1.165, 1.54) is 18.2 Å². The molecule has 0 aromatic heterocycles. The van der Waals surface area contributed by atoms with Gasteiger partial charge in [-0.05, 0) is 68.8 Å². The number of amides is 2. The molecule has 0 radical (unpaired) electrons. The number of nitro groups is 1. The molecule has 1 spiro atoms. The van der Waals surface area contributed by atoms with Crippen molar-refractivity contribution in [1.82, 2.24) is 0 Å². The van der Waals surface area contributed by atoms with Crippen molar-refractivity contribution in [2.75, 3.05) is 9.96 Å². The number of imide groups is 1. The number of carbonyl (C=O) groups is 2. The number of hydrogen-bond acceptors (Lipinski definition) is 7. The van der Waals surface area contributed by atoms with Crippen LogP contribution in [0.15, 0.2) is 72.8 Å². The summed E-state index contributed by atoms with van der Waals surface area (Å²) >= 11 is 6.08. The zero-order valence-corrected chi connectivity index (χ0v) is 21.4. The van der Waals surface area contributed by atoms with Gasteiger partial charge in [0.15, 0.2) is 6.10 Å². The third kappa shape index (κ3) is 3.97. The van der Waals surface area contributed by atoms with Crippen molar-refractivity contribution in [1.29, 1.82) is 0 Å². The van der Waals surface area contributed by atoms with Gasteiger partial charge >= 0.3 is 6.09 Å². The predicted molar refractivity (Wildman–Crippen MR) is 137 cm³/mol. The van der Waals surface area contributed by atoms with Gasteiger partial charge in [0.2, 0.25) is 5.54 Å². The molecule has 0 aliphatic carbocycles. The molecule has 3 aromatic rings. The normalized spacial score (nSPS) is 22.6. The zero-order chi connectivity index (χ0) is 27.4. The highest BCUT2D eigenvalue weighted by Crippen LogP contribution is 2.56. The first-order valence-corrected chi connectivity index (χ1v) is 12.1. The number of benzene rings is 3. The van der Waals surface area contributed by atoms with Crippen LogP contribution in [0.1, 0.15) is 38.0 Å². The SMILES string of the molecule is CC(C)(C)OC(=O)N1C(=O)[C@]2(c3ccccc31)[C@@H]([N+](=O)[O-])[C@H](c1ccc(F)cc1)ON2c1ccc(Cl)cc1. The molecule has 11 heteroatoms. The summed E-state index contributed by atoms with van der Waals surface area (Å²) in [4.78, 5) is 47.0. The monoisotopic (exact) mass is 539 g/mol. The summed E-state index contributed by atoms with van der Waals surface area (Å²) < 4.78 is 19.2. The second kappa shape index (κ2) is 9.07.